The Morgan fingerprint density at radius 1 is 0.641 bits per heavy atom. The van der Waals surface area contributed by atoms with Crippen LogP contribution in [0.5, 0.6) is 0 Å². The lowest BCUT2D eigenvalue weighted by Gasteiger charge is -2.13. The van der Waals surface area contributed by atoms with Gasteiger partial charge in [-0.25, -0.2) is 0 Å². The van der Waals surface area contributed by atoms with Crippen molar-refractivity contribution in [3.63, 3.8) is 0 Å². The van der Waals surface area contributed by atoms with Crippen LogP contribution in [0.1, 0.15) is 174 Å². The standard InChI is InChI=1S/C35H64O4/c1-3-5-6-7-8-9-10-11-12-13-14-15-16-17-18-19-20-21-22-23-24-25-26-27-28-29-30-33(32-34(36)37)35(38)39-31-4-2/h4,11-12,33H,2-3,5-10,13-32H2,1H3,(H,36,37)/b12-11+. The van der Waals surface area contributed by atoms with E-state index in [1.54, 1.807) is 0 Å². The van der Waals surface area contributed by atoms with E-state index >= 15 is 0 Å². The van der Waals surface area contributed by atoms with Gasteiger partial charge in [0, 0.05) is 0 Å². The third-order valence-electron chi connectivity index (χ3n) is 7.66. The van der Waals surface area contributed by atoms with Crippen molar-refractivity contribution in [2.45, 2.75) is 174 Å². The highest BCUT2D eigenvalue weighted by molar-refractivity contribution is 5.79. The predicted molar refractivity (Wildman–Crippen MR) is 167 cm³/mol. The van der Waals surface area contributed by atoms with Crippen molar-refractivity contribution in [2.24, 2.45) is 5.92 Å². The number of carbonyl (C=O) groups is 2. The molecule has 39 heavy (non-hydrogen) atoms. The minimum Gasteiger partial charge on any atom is -0.481 e. The summed E-state index contributed by atoms with van der Waals surface area (Å²) in [7, 11) is 0. The normalized spacial score (nSPS) is 12.1. The first-order chi connectivity index (χ1) is 19.1. The van der Waals surface area contributed by atoms with Crippen LogP contribution in [-0.2, 0) is 14.3 Å². The number of rotatable bonds is 31. The molecular formula is C35H64O4. The highest BCUT2D eigenvalue weighted by Gasteiger charge is 2.22. The molecule has 0 fully saturated rings. The lowest BCUT2D eigenvalue weighted by molar-refractivity contribution is -0.152. The van der Waals surface area contributed by atoms with Crippen molar-refractivity contribution in [1.29, 1.82) is 0 Å². The Morgan fingerprint density at radius 2 is 1.03 bits per heavy atom. The monoisotopic (exact) mass is 548 g/mol. The Morgan fingerprint density at radius 3 is 1.41 bits per heavy atom. The van der Waals surface area contributed by atoms with Crippen LogP contribution < -0.4 is 0 Å². The maximum absolute atomic E-state index is 12.0. The molecule has 0 aliphatic carbocycles. The van der Waals surface area contributed by atoms with Crippen LogP contribution in [0.3, 0.4) is 0 Å². The second-order valence-corrected chi connectivity index (χ2v) is 11.5. The molecule has 0 aliphatic heterocycles. The van der Waals surface area contributed by atoms with Crippen molar-refractivity contribution < 1.29 is 19.4 Å². The molecule has 0 rings (SSSR count). The van der Waals surface area contributed by atoms with Gasteiger partial charge in [-0.1, -0.05) is 160 Å². The number of allylic oxidation sites excluding steroid dienone is 2. The van der Waals surface area contributed by atoms with Gasteiger partial charge in [0.2, 0.25) is 0 Å². The molecule has 0 amide bonds. The summed E-state index contributed by atoms with van der Waals surface area (Å²) in [6, 6.07) is 0. The van der Waals surface area contributed by atoms with Gasteiger partial charge in [0.1, 0.15) is 6.61 Å². The van der Waals surface area contributed by atoms with Gasteiger partial charge in [0.15, 0.2) is 0 Å². The zero-order chi connectivity index (χ0) is 28.7. The summed E-state index contributed by atoms with van der Waals surface area (Å²) in [4.78, 5) is 23.0. The van der Waals surface area contributed by atoms with Crippen LogP contribution >= 0.6 is 0 Å². The van der Waals surface area contributed by atoms with E-state index in [-0.39, 0.29) is 13.0 Å². The summed E-state index contributed by atoms with van der Waals surface area (Å²) in [5, 5.41) is 9.03. The van der Waals surface area contributed by atoms with Crippen molar-refractivity contribution in [1.82, 2.24) is 0 Å². The number of carboxylic acid groups (broad SMARTS) is 1. The maximum atomic E-state index is 12.0. The number of ether oxygens (including phenoxy) is 1. The molecule has 1 unspecified atom stereocenters. The van der Waals surface area contributed by atoms with E-state index < -0.39 is 17.9 Å². The van der Waals surface area contributed by atoms with Gasteiger partial charge < -0.3 is 9.84 Å². The SMILES string of the molecule is C=CCOC(=O)C(CCCCCCCCCCCCCCCCCC/C=C/CCCCCCCC)CC(=O)O. The Bertz CT molecular complexity index is 583. The summed E-state index contributed by atoms with van der Waals surface area (Å²) in [6.45, 7) is 5.95. The fourth-order valence-corrected chi connectivity index (χ4v) is 5.18. The molecule has 4 nitrogen and oxygen atoms in total. The highest BCUT2D eigenvalue weighted by atomic mass is 16.5. The van der Waals surface area contributed by atoms with E-state index in [0.717, 1.165) is 19.3 Å². The largest absolute Gasteiger partial charge is 0.481 e. The first-order valence-electron chi connectivity index (χ1n) is 16.8. The van der Waals surface area contributed by atoms with E-state index in [1.807, 2.05) is 0 Å². The number of esters is 1. The quantitative estimate of drug-likeness (QED) is 0.0531. The lowest BCUT2D eigenvalue weighted by atomic mass is 9.97. The molecule has 0 aromatic carbocycles. The van der Waals surface area contributed by atoms with Crippen molar-refractivity contribution in [3.8, 4) is 0 Å². The molecule has 0 heterocycles. The number of hydrogen-bond acceptors (Lipinski definition) is 3. The van der Waals surface area contributed by atoms with Gasteiger partial charge in [-0.3, -0.25) is 9.59 Å². The molecule has 0 radical (unpaired) electrons. The molecule has 1 N–H and O–H groups in total. The summed E-state index contributed by atoms with van der Waals surface area (Å²) in [5.41, 5.74) is 0. The zero-order valence-corrected chi connectivity index (χ0v) is 25.8. The van der Waals surface area contributed by atoms with Crippen molar-refractivity contribution in [3.05, 3.63) is 24.8 Å². The number of hydrogen-bond donors (Lipinski definition) is 1. The van der Waals surface area contributed by atoms with Gasteiger partial charge in [0.25, 0.3) is 0 Å². The topological polar surface area (TPSA) is 63.6 Å². The van der Waals surface area contributed by atoms with Crippen LogP contribution in [0.2, 0.25) is 0 Å². The van der Waals surface area contributed by atoms with Crippen LogP contribution in [0, 0.1) is 5.92 Å². The Balaban J connectivity index is 3.35. The molecule has 0 saturated carbocycles. The summed E-state index contributed by atoms with van der Waals surface area (Å²) in [5.74, 6) is -1.88. The van der Waals surface area contributed by atoms with Gasteiger partial charge in [-0.2, -0.15) is 0 Å². The van der Waals surface area contributed by atoms with Crippen LogP contribution in [-0.4, -0.2) is 23.7 Å². The third kappa shape index (κ3) is 29.2. The van der Waals surface area contributed by atoms with Crippen LogP contribution in [0.15, 0.2) is 24.8 Å². The van der Waals surface area contributed by atoms with Crippen LogP contribution in [0.4, 0.5) is 0 Å². The number of carbonyl (C=O) groups excluding carboxylic acids is 1. The second-order valence-electron chi connectivity index (χ2n) is 11.5. The Kier molecular flexibility index (Phi) is 29.7. The average Bonchev–Trinajstić information content (AvgIpc) is 2.92. The molecule has 0 spiro atoms. The van der Waals surface area contributed by atoms with Gasteiger partial charge in [-0.05, 0) is 32.1 Å². The fraction of sp³-hybridized carbons (Fsp3) is 0.829. The van der Waals surface area contributed by atoms with Gasteiger partial charge in [0.05, 0.1) is 12.3 Å². The molecule has 0 saturated heterocycles. The molecule has 1 atom stereocenters. The minimum absolute atomic E-state index is 0.145. The van der Waals surface area contributed by atoms with E-state index in [1.165, 1.54) is 141 Å². The smallest absolute Gasteiger partial charge is 0.309 e. The molecule has 0 aromatic rings. The van der Waals surface area contributed by atoms with Crippen LogP contribution in [0.25, 0.3) is 0 Å². The number of aliphatic carboxylic acids is 1. The fourth-order valence-electron chi connectivity index (χ4n) is 5.18. The third-order valence-corrected chi connectivity index (χ3v) is 7.66. The maximum Gasteiger partial charge on any atom is 0.309 e. The molecule has 0 aromatic heterocycles. The lowest BCUT2D eigenvalue weighted by Crippen LogP contribution is -2.21. The summed E-state index contributed by atoms with van der Waals surface area (Å²) < 4.78 is 5.04. The molecule has 0 aliphatic rings. The second kappa shape index (κ2) is 31.0. The predicted octanol–water partition coefficient (Wildman–Crippen LogP) is 11.1. The van der Waals surface area contributed by atoms with Crippen molar-refractivity contribution in [2.75, 3.05) is 6.61 Å². The Hall–Kier alpha value is -1.58. The van der Waals surface area contributed by atoms with Gasteiger partial charge >= 0.3 is 11.9 Å². The number of carboxylic acids is 1. The molecule has 0 bridgehead atoms. The summed E-state index contributed by atoms with van der Waals surface area (Å²) in [6.07, 6.45) is 38.6. The van der Waals surface area contributed by atoms with E-state index in [9.17, 15) is 9.59 Å². The van der Waals surface area contributed by atoms with E-state index in [2.05, 4.69) is 25.7 Å². The first kappa shape index (κ1) is 37.4. The summed E-state index contributed by atoms with van der Waals surface area (Å²) >= 11 is 0. The average molecular weight is 549 g/mol. The highest BCUT2D eigenvalue weighted by Crippen LogP contribution is 2.18. The number of unbranched alkanes of at least 4 members (excludes halogenated alkanes) is 22. The first-order valence-corrected chi connectivity index (χ1v) is 16.8. The van der Waals surface area contributed by atoms with E-state index in [0.29, 0.717) is 6.42 Å². The molecular weight excluding hydrogens is 484 g/mol. The zero-order valence-electron chi connectivity index (χ0n) is 25.8. The van der Waals surface area contributed by atoms with E-state index in [4.69, 9.17) is 9.84 Å². The van der Waals surface area contributed by atoms with Crippen molar-refractivity contribution >= 4 is 11.9 Å². The van der Waals surface area contributed by atoms with Gasteiger partial charge in [-0.15, -0.1) is 0 Å². The Labute approximate surface area is 242 Å². The minimum atomic E-state index is -0.941. The molecule has 4 heteroatoms. The molecule has 228 valence electrons.